The van der Waals surface area contributed by atoms with Crippen LogP contribution >= 0.6 is 0 Å². The fraction of sp³-hybridized carbons (Fsp3) is 0.611. The van der Waals surface area contributed by atoms with Crippen LogP contribution in [0.15, 0.2) is 30.3 Å². The summed E-state index contributed by atoms with van der Waals surface area (Å²) in [7, 11) is 0. The SMILES string of the molecule is CC(c1ccccc1)N1CCCC2(C1)CN(C(C)C)C2=O. The summed E-state index contributed by atoms with van der Waals surface area (Å²) < 4.78 is 0. The molecule has 1 aromatic carbocycles. The van der Waals surface area contributed by atoms with Crippen LogP contribution in [0.1, 0.15) is 45.2 Å². The van der Waals surface area contributed by atoms with Crippen LogP contribution in [0.5, 0.6) is 0 Å². The van der Waals surface area contributed by atoms with Gasteiger partial charge in [-0.05, 0) is 45.7 Å². The molecule has 2 unspecified atom stereocenters. The molecule has 2 atom stereocenters. The molecule has 0 saturated carbocycles. The van der Waals surface area contributed by atoms with Crippen molar-refractivity contribution in [1.82, 2.24) is 9.80 Å². The lowest BCUT2D eigenvalue weighted by Gasteiger charge is -2.55. The van der Waals surface area contributed by atoms with Gasteiger partial charge >= 0.3 is 0 Å². The van der Waals surface area contributed by atoms with Crippen LogP contribution in [0.3, 0.4) is 0 Å². The molecule has 0 N–H and O–H groups in total. The Kier molecular flexibility index (Phi) is 3.78. The largest absolute Gasteiger partial charge is 0.339 e. The summed E-state index contributed by atoms with van der Waals surface area (Å²) in [4.78, 5) is 17.1. The van der Waals surface area contributed by atoms with Crippen molar-refractivity contribution in [1.29, 1.82) is 0 Å². The molecule has 3 rings (SSSR count). The van der Waals surface area contributed by atoms with E-state index in [1.54, 1.807) is 0 Å². The first-order valence-corrected chi connectivity index (χ1v) is 8.13. The summed E-state index contributed by atoms with van der Waals surface area (Å²) >= 11 is 0. The minimum atomic E-state index is -0.0917. The first-order valence-electron chi connectivity index (χ1n) is 8.13. The standard InChI is InChI=1S/C18H26N2O/c1-14(2)20-13-18(17(20)21)10-7-11-19(12-18)15(3)16-8-5-4-6-9-16/h4-6,8-9,14-15H,7,10-13H2,1-3H3. The van der Waals surface area contributed by atoms with Gasteiger partial charge < -0.3 is 4.90 Å². The predicted molar refractivity (Wildman–Crippen MR) is 84.9 cm³/mol. The number of nitrogens with zero attached hydrogens (tertiary/aromatic N) is 2. The van der Waals surface area contributed by atoms with E-state index in [0.29, 0.717) is 18.0 Å². The quantitative estimate of drug-likeness (QED) is 0.797. The van der Waals surface area contributed by atoms with Gasteiger partial charge in [0.15, 0.2) is 0 Å². The number of rotatable bonds is 3. The van der Waals surface area contributed by atoms with Gasteiger partial charge in [0.1, 0.15) is 0 Å². The minimum Gasteiger partial charge on any atom is -0.339 e. The number of likely N-dealkylation sites (tertiary alicyclic amines) is 2. The molecular formula is C18H26N2O. The lowest BCUT2D eigenvalue weighted by Crippen LogP contribution is -2.68. The van der Waals surface area contributed by atoms with Crippen molar-refractivity contribution in [2.45, 2.75) is 45.7 Å². The van der Waals surface area contributed by atoms with Crippen LogP contribution in [0, 0.1) is 5.41 Å². The van der Waals surface area contributed by atoms with Gasteiger partial charge in [-0.1, -0.05) is 30.3 Å². The lowest BCUT2D eigenvalue weighted by atomic mass is 9.71. The Morgan fingerprint density at radius 3 is 2.43 bits per heavy atom. The molecule has 1 aromatic rings. The molecule has 2 aliphatic rings. The lowest BCUT2D eigenvalue weighted by molar-refractivity contribution is -0.170. The zero-order chi connectivity index (χ0) is 15.0. The van der Waals surface area contributed by atoms with Crippen molar-refractivity contribution < 1.29 is 4.79 Å². The highest BCUT2D eigenvalue weighted by Crippen LogP contribution is 2.43. The van der Waals surface area contributed by atoms with Crippen molar-refractivity contribution in [3.05, 3.63) is 35.9 Å². The summed E-state index contributed by atoms with van der Waals surface area (Å²) in [5.41, 5.74) is 1.26. The number of carbonyl (C=O) groups excluding carboxylic acids is 1. The average Bonchev–Trinajstić information content (AvgIpc) is 2.52. The van der Waals surface area contributed by atoms with Gasteiger partial charge in [-0.25, -0.2) is 0 Å². The van der Waals surface area contributed by atoms with Crippen LogP contribution in [0.2, 0.25) is 0 Å². The molecule has 0 radical (unpaired) electrons. The normalized spacial score (nSPS) is 28.0. The van der Waals surface area contributed by atoms with Crippen LogP contribution in [0.25, 0.3) is 0 Å². The van der Waals surface area contributed by atoms with E-state index in [4.69, 9.17) is 0 Å². The molecule has 2 fully saturated rings. The first kappa shape index (κ1) is 14.6. The molecular weight excluding hydrogens is 260 g/mol. The Balaban J connectivity index is 1.71. The van der Waals surface area contributed by atoms with Crippen LogP contribution < -0.4 is 0 Å². The monoisotopic (exact) mass is 286 g/mol. The summed E-state index contributed by atoms with van der Waals surface area (Å²) in [6, 6.07) is 11.4. The average molecular weight is 286 g/mol. The van der Waals surface area contributed by atoms with Gasteiger partial charge in [0, 0.05) is 25.2 Å². The summed E-state index contributed by atoms with van der Waals surface area (Å²) in [6.45, 7) is 9.45. The second-order valence-corrected chi connectivity index (χ2v) is 6.97. The van der Waals surface area contributed by atoms with E-state index < -0.39 is 0 Å². The van der Waals surface area contributed by atoms with E-state index in [1.807, 2.05) is 4.90 Å². The maximum absolute atomic E-state index is 12.6. The summed E-state index contributed by atoms with van der Waals surface area (Å²) in [6.07, 6.45) is 2.20. The van der Waals surface area contributed by atoms with E-state index in [-0.39, 0.29) is 5.41 Å². The maximum Gasteiger partial charge on any atom is 0.232 e. The molecule has 1 spiro atoms. The topological polar surface area (TPSA) is 23.6 Å². The van der Waals surface area contributed by atoms with Gasteiger partial charge in [0.2, 0.25) is 5.91 Å². The molecule has 3 heteroatoms. The number of hydrogen-bond donors (Lipinski definition) is 0. The summed E-state index contributed by atoms with van der Waals surface area (Å²) in [5.74, 6) is 0.377. The Morgan fingerprint density at radius 1 is 1.10 bits per heavy atom. The number of hydrogen-bond acceptors (Lipinski definition) is 2. The molecule has 2 heterocycles. The second kappa shape index (κ2) is 5.45. The molecule has 21 heavy (non-hydrogen) atoms. The first-order chi connectivity index (χ1) is 10.0. The fourth-order valence-electron chi connectivity index (χ4n) is 3.84. The number of benzene rings is 1. The molecule has 0 aromatic heterocycles. The van der Waals surface area contributed by atoms with Gasteiger partial charge in [0.25, 0.3) is 0 Å². The van der Waals surface area contributed by atoms with E-state index in [2.05, 4.69) is 56.0 Å². The zero-order valence-electron chi connectivity index (χ0n) is 13.4. The number of amides is 1. The predicted octanol–water partition coefficient (Wildman–Crippen LogP) is 3.08. The third-order valence-corrected chi connectivity index (χ3v) is 5.25. The van der Waals surface area contributed by atoms with Crippen LogP contribution in [-0.4, -0.2) is 41.4 Å². The molecule has 0 bridgehead atoms. The third kappa shape index (κ3) is 2.48. The van der Waals surface area contributed by atoms with Crippen molar-refractivity contribution in [3.63, 3.8) is 0 Å². The maximum atomic E-state index is 12.6. The Morgan fingerprint density at radius 2 is 1.81 bits per heavy atom. The van der Waals surface area contributed by atoms with Gasteiger partial charge in [-0.3, -0.25) is 9.69 Å². The van der Waals surface area contributed by atoms with Gasteiger partial charge in [-0.2, -0.15) is 0 Å². The van der Waals surface area contributed by atoms with Crippen molar-refractivity contribution in [2.75, 3.05) is 19.6 Å². The summed E-state index contributed by atoms with van der Waals surface area (Å²) in [5, 5.41) is 0. The van der Waals surface area contributed by atoms with Crippen molar-refractivity contribution >= 4 is 5.91 Å². The van der Waals surface area contributed by atoms with Crippen LogP contribution in [-0.2, 0) is 4.79 Å². The highest BCUT2D eigenvalue weighted by atomic mass is 16.2. The molecule has 2 aliphatic heterocycles. The number of piperidine rings is 1. The smallest absolute Gasteiger partial charge is 0.232 e. The highest BCUT2D eigenvalue weighted by molar-refractivity contribution is 5.89. The van der Waals surface area contributed by atoms with Crippen LogP contribution in [0.4, 0.5) is 0 Å². The minimum absolute atomic E-state index is 0.0917. The molecule has 2 saturated heterocycles. The fourth-order valence-corrected chi connectivity index (χ4v) is 3.84. The third-order valence-electron chi connectivity index (χ3n) is 5.25. The Hall–Kier alpha value is -1.35. The van der Waals surface area contributed by atoms with E-state index in [1.165, 1.54) is 5.56 Å². The highest BCUT2D eigenvalue weighted by Gasteiger charge is 2.54. The van der Waals surface area contributed by atoms with E-state index in [0.717, 1.165) is 32.5 Å². The number of carbonyl (C=O) groups is 1. The zero-order valence-corrected chi connectivity index (χ0v) is 13.4. The van der Waals surface area contributed by atoms with Crippen molar-refractivity contribution in [3.8, 4) is 0 Å². The van der Waals surface area contributed by atoms with Gasteiger partial charge in [0.05, 0.1) is 5.41 Å². The molecule has 0 aliphatic carbocycles. The van der Waals surface area contributed by atoms with E-state index >= 15 is 0 Å². The van der Waals surface area contributed by atoms with E-state index in [9.17, 15) is 4.79 Å². The number of β-lactam (4-membered cyclic amide) rings is 1. The van der Waals surface area contributed by atoms with Gasteiger partial charge in [-0.15, -0.1) is 0 Å². The van der Waals surface area contributed by atoms with Crippen molar-refractivity contribution in [2.24, 2.45) is 5.41 Å². The Bertz CT molecular complexity index is 513. The second-order valence-electron chi connectivity index (χ2n) is 6.97. The Labute approximate surface area is 127 Å². The molecule has 3 nitrogen and oxygen atoms in total. The molecule has 114 valence electrons. The molecule has 1 amide bonds.